The maximum absolute atomic E-state index is 12.2. The minimum absolute atomic E-state index is 0.143. The van der Waals surface area contributed by atoms with Crippen LogP contribution in [0.25, 0.3) is 0 Å². The highest BCUT2D eigenvalue weighted by Gasteiger charge is 2.09. The van der Waals surface area contributed by atoms with Crippen molar-refractivity contribution < 1.29 is 14.6 Å². The topological polar surface area (TPSA) is 58.6 Å². The van der Waals surface area contributed by atoms with Crippen molar-refractivity contribution >= 4 is 27.5 Å². The molecule has 0 aromatic heterocycles. The van der Waals surface area contributed by atoms with Crippen molar-refractivity contribution in [2.75, 3.05) is 11.9 Å². The van der Waals surface area contributed by atoms with Crippen LogP contribution in [0.1, 0.15) is 22.8 Å². The second-order valence-corrected chi connectivity index (χ2v) is 5.29. The van der Waals surface area contributed by atoms with Gasteiger partial charge in [0, 0.05) is 21.3 Å². The number of ether oxygens (including phenoxy) is 1. The summed E-state index contributed by atoms with van der Waals surface area (Å²) in [5, 5.41) is 12.2. The molecule has 0 bridgehead atoms. The monoisotopic (exact) mass is 349 g/mol. The first-order valence-corrected chi connectivity index (χ1v) is 7.37. The highest BCUT2D eigenvalue weighted by molar-refractivity contribution is 9.10. The Kier molecular flexibility index (Phi) is 5.36. The molecule has 0 atom stereocenters. The standard InChI is InChI=1S/C16H16BrNO3/c1-2-21-15-7-6-14(9-12(15)10-19)18-16(20)11-4-3-5-13(17)8-11/h3-9,19H,2,10H2,1H3,(H,18,20). The van der Waals surface area contributed by atoms with E-state index < -0.39 is 0 Å². The van der Waals surface area contributed by atoms with Crippen molar-refractivity contribution in [3.8, 4) is 5.75 Å². The van der Waals surface area contributed by atoms with Crippen LogP contribution in [0.3, 0.4) is 0 Å². The van der Waals surface area contributed by atoms with Gasteiger partial charge in [0.25, 0.3) is 5.91 Å². The van der Waals surface area contributed by atoms with Gasteiger partial charge in [0.2, 0.25) is 0 Å². The summed E-state index contributed by atoms with van der Waals surface area (Å²) in [7, 11) is 0. The Morgan fingerprint density at radius 3 is 2.76 bits per heavy atom. The third kappa shape index (κ3) is 4.06. The molecule has 5 heteroatoms. The number of aliphatic hydroxyl groups is 1. The van der Waals surface area contributed by atoms with Crippen LogP contribution >= 0.6 is 15.9 Å². The molecule has 0 saturated carbocycles. The lowest BCUT2D eigenvalue weighted by atomic mass is 10.1. The lowest BCUT2D eigenvalue weighted by Crippen LogP contribution is -2.12. The van der Waals surface area contributed by atoms with Crippen molar-refractivity contribution in [2.24, 2.45) is 0 Å². The summed E-state index contributed by atoms with van der Waals surface area (Å²) in [6.45, 7) is 2.26. The molecule has 1 amide bonds. The van der Waals surface area contributed by atoms with E-state index in [4.69, 9.17) is 4.74 Å². The number of nitrogens with one attached hydrogen (secondary N) is 1. The van der Waals surface area contributed by atoms with Gasteiger partial charge >= 0.3 is 0 Å². The van der Waals surface area contributed by atoms with Crippen LogP contribution in [-0.4, -0.2) is 17.6 Å². The zero-order valence-corrected chi connectivity index (χ0v) is 13.2. The minimum Gasteiger partial charge on any atom is -0.494 e. The van der Waals surface area contributed by atoms with E-state index >= 15 is 0 Å². The number of halogens is 1. The average Bonchev–Trinajstić information content (AvgIpc) is 2.49. The molecule has 0 unspecified atom stereocenters. The van der Waals surface area contributed by atoms with Gasteiger partial charge in [-0.1, -0.05) is 22.0 Å². The number of benzene rings is 2. The first-order chi connectivity index (χ1) is 10.1. The molecule has 0 spiro atoms. The second kappa shape index (κ2) is 7.24. The molecule has 2 aromatic carbocycles. The molecule has 0 aliphatic carbocycles. The van der Waals surface area contributed by atoms with E-state index in [0.29, 0.717) is 29.2 Å². The summed E-state index contributed by atoms with van der Waals surface area (Å²) >= 11 is 3.34. The van der Waals surface area contributed by atoms with Crippen molar-refractivity contribution in [1.82, 2.24) is 0 Å². The van der Waals surface area contributed by atoms with E-state index in [-0.39, 0.29) is 12.5 Å². The molecule has 0 aliphatic heterocycles. The fourth-order valence-electron chi connectivity index (χ4n) is 1.91. The molecule has 0 radical (unpaired) electrons. The summed E-state index contributed by atoms with van der Waals surface area (Å²) in [6.07, 6.45) is 0. The van der Waals surface area contributed by atoms with Gasteiger partial charge in [-0.15, -0.1) is 0 Å². The van der Waals surface area contributed by atoms with Gasteiger partial charge in [0.1, 0.15) is 5.75 Å². The van der Waals surface area contributed by atoms with Crippen molar-refractivity contribution in [3.63, 3.8) is 0 Å². The molecule has 110 valence electrons. The van der Waals surface area contributed by atoms with E-state index in [2.05, 4.69) is 21.2 Å². The van der Waals surface area contributed by atoms with Crippen molar-refractivity contribution in [1.29, 1.82) is 0 Å². The summed E-state index contributed by atoms with van der Waals surface area (Å²) < 4.78 is 6.25. The molecule has 4 nitrogen and oxygen atoms in total. The Hall–Kier alpha value is -1.85. The van der Waals surface area contributed by atoms with Gasteiger partial charge in [-0.3, -0.25) is 4.79 Å². The van der Waals surface area contributed by atoms with Crippen LogP contribution in [0.15, 0.2) is 46.9 Å². The largest absolute Gasteiger partial charge is 0.494 e. The molecule has 0 heterocycles. The molecule has 0 fully saturated rings. The first-order valence-electron chi connectivity index (χ1n) is 6.57. The number of anilines is 1. The van der Waals surface area contributed by atoms with Gasteiger partial charge in [0.05, 0.1) is 13.2 Å². The van der Waals surface area contributed by atoms with Crippen LogP contribution in [0.4, 0.5) is 5.69 Å². The summed E-state index contributed by atoms with van der Waals surface area (Å²) in [5.41, 5.74) is 1.82. The number of amides is 1. The molecule has 2 aromatic rings. The molecular weight excluding hydrogens is 334 g/mol. The Labute approximate surface area is 131 Å². The van der Waals surface area contributed by atoms with Crippen LogP contribution in [-0.2, 0) is 6.61 Å². The van der Waals surface area contributed by atoms with E-state index in [1.807, 2.05) is 13.0 Å². The summed E-state index contributed by atoms with van der Waals surface area (Å²) in [4.78, 5) is 12.2. The van der Waals surface area contributed by atoms with Crippen LogP contribution in [0, 0.1) is 0 Å². The lowest BCUT2D eigenvalue weighted by molar-refractivity contribution is 0.102. The quantitative estimate of drug-likeness (QED) is 0.866. The lowest BCUT2D eigenvalue weighted by Gasteiger charge is -2.11. The van der Waals surface area contributed by atoms with Gasteiger partial charge in [-0.25, -0.2) is 0 Å². The van der Waals surface area contributed by atoms with Crippen molar-refractivity contribution in [3.05, 3.63) is 58.1 Å². The number of aliphatic hydroxyl groups excluding tert-OH is 1. The zero-order valence-electron chi connectivity index (χ0n) is 11.6. The number of rotatable bonds is 5. The maximum Gasteiger partial charge on any atom is 0.255 e. The molecule has 0 saturated heterocycles. The number of hydrogen-bond acceptors (Lipinski definition) is 3. The molecular formula is C16H16BrNO3. The van der Waals surface area contributed by atoms with Crippen molar-refractivity contribution in [2.45, 2.75) is 13.5 Å². The van der Waals surface area contributed by atoms with Gasteiger partial charge in [0.15, 0.2) is 0 Å². The minimum atomic E-state index is -0.204. The predicted molar refractivity (Wildman–Crippen MR) is 85.6 cm³/mol. The van der Waals surface area contributed by atoms with E-state index in [1.54, 1.807) is 36.4 Å². The van der Waals surface area contributed by atoms with Crippen LogP contribution < -0.4 is 10.1 Å². The number of hydrogen-bond donors (Lipinski definition) is 2. The summed E-state index contributed by atoms with van der Waals surface area (Å²) in [5.74, 6) is 0.421. The highest BCUT2D eigenvalue weighted by atomic mass is 79.9. The average molecular weight is 350 g/mol. The van der Waals surface area contributed by atoms with Crippen LogP contribution in [0.2, 0.25) is 0 Å². The molecule has 0 aliphatic rings. The Bertz CT molecular complexity index is 643. The Morgan fingerprint density at radius 2 is 2.10 bits per heavy atom. The zero-order chi connectivity index (χ0) is 15.2. The molecule has 2 rings (SSSR count). The van der Waals surface area contributed by atoms with Gasteiger partial charge in [-0.2, -0.15) is 0 Å². The second-order valence-electron chi connectivity index (χ2n) is 4.38. The molecule has 21 heavy (non-hydrogen) atoms. The number of carbonyl (C=O) groups excluding carboxylic acids is 1. The number of carbonyl (C=O) groups is 1. The highest BCUT2D eigenvalue weighted by Crippen LogP contribution is 2.23. The smallest absolute Gasteiger partial charge is 0.255 e. The van der Waals surface area contributed by atoms with E-state index in [1.165, 1.54) is 0 Å². The molecule has 2 N–H and O–H groups in total. The van der Waals surface area contributed by atoms with Gasteiger partial charge < -0.3 is 15.2 Å². The third-order valence-corrected chi connectivity index (χ3v) is 3.37. The normalized spacial score (nSPS) is 10.2. The predicted octanol–water partition coefficient (Wildman–Crippen LogP) is 3.59. The maximum atomic E-state index is 12.2. The SMILES string of the molecule is CCOc1ccc(NC(=O)c2cccc(Br)c2)cc1CO. The Balaban J connectivity index is 2.17. The van der Waals surface area contributed by atoms with E-state index in [9.17, 15) is 9.90 Å². The van der Waals surface area contributed by atoms with Gasteiger partial charge in [-0.05, 0) is 43.3 Å². The summed E-state index contributed by atoms with van der Waals surface area (Å²) in [6, 6.07) is 12.3. The Morgan fingerprint density at radius 1 is 1.29 bits per heavy atom. The van der Waals surface area contributed by atoms with Crippen LogP contribution in [0.5, 0.6) is 5.75 Å². The first kappa shape index (κ1) is 15.5. The third-order valence-electron chi connectivity index (χ3n) is 2.88. The fourth-order valence-corrected chi connectivity index (χ4v) is 2.31. The van der Waals surface area contributed by atoms with E-state index in [0.717, 1.165) is 4.47 Å². The fraction of sp³-hybridized carbons (Fsp3) is 0.188.